The average Bonchev–Trinajstić information content (AvgIpc) is 3.60. The van der Waals surface area contributed by atoms with Crippen LogP contribution in [0.2, 0.25) is 0 Å². The van der Waals surface area contributed by atoms with Crippen LogP contribution in [0.15, 0.2) is 47.6 Å². The Bertz CT molecular complexity index is 1140. The number of hydrogen-bond donors (Lipinski definition) is 0. The van der Waals surface area contributed by atoms with Crippen LogP contribution >= 0.6 is 11.8 Å². The van der Waals surface area contributed by atoms with Gasteiger partial charge in [0, 0.05) is 17.7 Å². The summed E-state index contributed by atoms with van der Waals surface area (Å²) in [6.45, 7) is 3.43. The standard InChI is InChI=1S/C26H29N3O3S/c1-17(24(30)21-9-8-18-5-3-6-20(18)15-21)33-26-28-27-25(19-10-12-22(31-2)13-11-19)29(26)16-23-7-4-14-32-23/h8-13,15,17,23H,3-7,14,16H2,1-2H3. The topological polar surface area (TPSA) is 66.2 Å². The second-order valence-corrected chi connectivity index (χ2v) is 10.0. The molecule has 3 aromatic rings. The molecule has 2 heterocycles. The summed E-state index contributed by atoms with van der Waals surface area (Å²) in [5.41, 5.74) is 4.45. The van der Waals surface area contributed by atoms with Crippen LogP contribution in [-0.4, -0.2) is 45.6 Å². The highest BCUT2D eigenvalue weighted by molar-refractivity contribution is 8.00. The zero-order valence-corrected chi connectivity index (χ0v) is 19.9. The summed E-state index contributed by atoms with van der Waals surface area (Å²) in [5.74, 6) is 1.72. The van der Waals surface area contributed by atoms with Crippen molar-refractivity contribution in [3.8, 4) is 17.1 Å². The third kappa shape index (κ3) is 4.70. The van der Waals surface area contributed by atoms with Crippen LogP contribution in [0.25, 0.3) is 11.4 Å². The molecule has 0 saturated carbocycles. The molecule has 2 unspecified atom stereocenters. The van der Waals surface area contributed by atoms with Crippen LogP contribution in [0.4, 0.5) is 0 Å². The van der Waals surface area contributed by atoms with E-state index in [2.05, 4.69) is 26.9 Å². The van der Waals surface area contributed by atoms with E-state index in [1.54, 1.807) is 7.11 Å². The second kappa shape index (κ2) is 9.69. The minimum absolute atomic E-state index is 0.132. The number of carbonyl (C=O) groups excluding carboxylic acids is 1. The predicted molar refractivity (Wildman–Crippen MR) is 129 cm³/mol. The third-order valence-corrected chi connectivity index (χ3v) is 7.59. The van der Waals surface area contributed by atoms with Crippen LogP contribution in [0.5, 0.6) is 5.75 Å². The molecule has 5 rings (SSSR count). The molecule has 1 aliphatic heterocycles. The molecule has 7 heteroatoms. The summed E-state index contributed by atoms with van der Waals surface area (Å²) in [6, 6.07) is 14.0. The van der Waals surface area contributed by atoms with Crippen molar-refractivity contribution in [2.24, 2.45) is 0 Å². The number of benzene rings is 2. The maximum atomic E-state index is 13.2. The van der Waals surface area contributed by atoms with E-state index in [4.69, 9.17) is 9.47 Å². The fourth-order valence-electron chi connectivity index (χ4n) is 4.66. The van der Waals surface area contributed by atoms with Gasteiger partial charge in [-0.15, -0.1) is 10.2 Å². The highest BCUT2D eigenvalue weighted by Gasteiger charge is 2.25. The fraction of sp³-hybridized carbons (Fsp3) is 0.423. The number of Topliss-reactive ketones (excluding diaryl/α,β-unsaturated/α-hetero) is 1. The first-order valence-corrected chi connectivity index (χ1v) is 12.5. The lowest BCUT2D eigenvalue weighted by Gasteiger charge is -2.16. The molecule has 2 atom stereocenters. The minimum Gasteiger partial charge on any atom is -0.497 e. The van der Waals surface area contributed by atoms with E-state index >= 15 is 0 Å². The Hall–Kier alpha value is -2.64. The van der Waals surface area contributed by atoms with Crippen LogP contribution in [-0.2, 0) is 24.1 Å². The number of nitrogens with zero attached hydrogens (tertiary/aromatic N) is 3. The number of fused-ring (bicyclic) bond motifs is 1. The third-order valence-electron chi connectivity index (χ3n) is 6.51. The Labute approximate surface area is 198 Å². The highest BCUT2D eigenvalue weighted by atomic mass is 32.2. The number of thioether (sulfide) groups is 1. The van der Waals surface area contributed by atoms with Crippen LogP contribution in [0.3, 0.4) is 0 Å². The van der Waals surface area contributed by atoms with E-state index in [0.29, 0.717) is 6.54 Å². The van der Waals surface area contributed by atoms with Gasteiger partial charge in [-0.25, -0.2) is 0 Å². The van der Waals surface area contributed by atoms with Gasteiger partial charge in [-0.1, -0.05) is 23.9 Å². The normalized spacial score (nSPS) is 18.3. The minimum atomic E-state index is -0.263. The molecular weight excluding hydrogens is 434 g/mol. The van der Waals surface area contributed by atoms with Gasteiger partial charge in [-0.2, -0.15) is 0 Å². The Morgan fingerprint density at radius 1 is 1.15 bits per heavy atom. The van der Waals surface area contributed by atoms with Crippen molar-refractivity contribution in [1.82, 2.24) is 14.8 Å². The Balaban J connectivity index is 1.40. The molecule has 0 N–H and O–H groups in total. The lowest BCUT2D eigenvalue weighted by Crippen LogP contribution is -2.19. The summed E-state index contributed by atoms with van der Waals surface area (Å²) < 4.78 is 13.3. The SMILES string of the molecule is COc1ccc(-c2nnc(SC(C)C(=O)c3ccc4c(c3)CCC4)n2CC2CCCO2)cc1. The molecule has 6 nitrogen and oxygen atoms in total. The van der Waals surface area contributed by atoms with Crippen LogP contribution in [0.1, 0.15) is 47.7 Å². The van der Waals surface area contributed by atoms with Gasteiger partial charge in [0.05, 0.1) is 25.0 Å². The molecule has 0 bridgehead atoms. The smallest absolute Gasteiger partial charge is 0.192 e. The van der Waals surface area contributed by atoms with Gasteiger partial charge in [0.1, 0.15) is 5.75 Å². The Kier molecular flexibility index (Phi) is 6.51. The summed E-state index contributed by atoms with van der Waals surface area (Å²) in [6.07, 6.45) is 5.60. The van der Waals surface area contributed by atoms with E-state index in [1.807, 2.05) is 37.3 Å². The number of rotatable bonds is 8. The zero-order chi connectivity index (χ0) is 22.8. The van der Waals surface area contributed by atoms with E-state index in [-0.39, 0.29) is 17.1 Å². The lowest BCUT2D eigenvalue weighted by molar-refractivity contribution is 0.0953. The van der Waals surface area contributed by atoms with Crippen molar-refractivity contribution in [2.75, 3.05) is 13.7 Å². The van der Waals surface area contributed by atoms with Gasteiger partial charge in [0.25, 0.3) is 0 Å². The number of methoxy groups -OCH3 is 1. The first-order chi connectivity index (χ1) is 16.1. The van der Waals surface area contributed by atoms with E-state index in [0.717, 1.165) is 60.1 Å². The number of hydrogen-bond acceptors (Lipinski definition) is 6. The molecule has 1 fully saturated rings. The number of aryl methyl sites for hydroxylation is 2. The number of aromatic nitrogens is 3. The summed E-state index contributed by atoms with van der Waals surface area (Å²) in [5, 5.41) is 9.47. The largest absolute Gasteiger partial charge is 0.497 e. The van der Waals surface area contributed by atoms with E-state index in [9.17, 15) is 4.79 Å². The summed E-state index contributed by atoms with van der Waals surface area (Å²) in [7, 11) is 1.66. The molecule has 1 aliphatic carbocycles. The highest BCUT2D eigenvalue weighted by Crippen LogP contribution is 2.31. The number of carbonyl (C=O) groups is 1. The zero-order valence-electron chi connectivity index (χ0n) is 19.1. The Morgan fingerprint density at radius 3 is 2.73 bits per heavy atom. The van der Waals surface area contributed by atoms with Crippen molar-refractivity contribution in [3.63, 3.8) is 0 Å². The van der Waals surface area contributed by atoms with Gasteiger partial charge in [-0.05, 0) is 80.5 Å². The van der Waals surface area contributed by atoms with Crippen molar-refractivity contribution >= 4 is 17.5 Å². The van der Waals surface area contributed by atoms with Crippen molar-refractivity contribution in [3.05, 3.63) is 59.2 Å². The molecule has 1 saturated heterocycles. The first-order valence-electron chi connectivity index (χ1n) is 11.6. The van der Waals surface area contributed by atoms with E-state index in [1.165, 1.54) is 29.3 Å². The van der Waals surface area contributed by atoms with Crippen molar-refractivity contribution < 1.29 is 14.3 Å². The number of ether oxygens (including phenoxy) is 2. The van der Waals surface area contributed by atoms with E-state index < -0.39 is 0 Å². The summed E-state index contributed by atoms with van der Waals surface area (Å²) in [4.78, 5) is 13.2. The monoisotopic (exact) mass is 463 g/mol. The predicted octanol–water partition coefficient (Wildman–Crippen LogP) is 4.98. The molecule has 2 aromatic carbocycles. The molecular formula is C26H29N3O3S. The van der Waals surface area contributed by atoms with Gasteiger partial charge in [-0.3, -0.25) is 9.36 Å². The fourth-order valence-corrected chi connectivity index (χ4v) is 5.59. The summed E-state index contributed by atoms with van der Waals surface area (Å²) >= 11 is 1.47. The number of ketones is 1. The molecule has 0 spiro atoms. The molecule has 0 amide bonds. The molecule has 0 radical (unpaired) electrons. The Morgan fingerprint density at radius 2 is 1.97 bits per heavy atom. The average molecular weight is 464 g/mol. The van der Waals surface area contributed by atoms with Gasteiger partial charge in [0.2, 0.25) is 0 Å². The quantitative estimate of drug-likeness (QED) is 0.347. The molecule has 33 heavy (non-hydrogen) atoms. The second-order valence-electron chi connectivity index (χ2n) is 8.74. The van der Waals surface area contributed by atoms with Crippen LogP contribution in [0, 0.1) is 0 Å². The maximum absolute atomic E-state index is 13.2. The molecule has 1 aromatic heterocycles. The molecule has 2 aliphatic rings. The molecule has 172 valence electrons. The van der Waals surface area contributed by atoms with Crippen LogP contribution < -0.4 is 4.74 Å². The van der Waals surface area contributed by atoms with Gasteiger partial charge < -0.3 is 9.47 Å². The lowest BCUT2D eigenvalue weighted by atomic mass is 10.0. The maximum Gasteiger partial charge on any atom is 0.192 e. The van der Waals surface area contributed by atoms with Gasteiger partial charge in [0.15, 0.2) is 16.8 Å². The van der Waals surface area contributed by atoms with Gasteiger partial charge >= 0.3 is 0 Å². The first kappa shape index (κ1) is 22.2. The van der Waals surface area contributed by atoms with Crippen molar-refractivity contribution in [2.45, 2.75) is 62.1 Å². The van der Waals surface area contributed by atoms with Crippen molar-refractivity contribution in [1.29, 1.82) is 0 Å².